The first-order valence-electron chi connectivity index (χ1n) is 6.38. The molecule has 6 heteroatoms. The number of hydrogen-bond acceptors (Lipinski definition) is 3. The third kappa shape index (κ3) is 1.69. The Morgan fingerprint density at radius 2 is 2.05 bits per heavy atom. The number of H-pyrrole nitrogens is 2. The molecule has 0 saturated carbocycles. The number of carbonyl (C=O) groups is 1. The number of fused-ring (bicyclic) bond motifs is 2. The molecule has 0 aliphatic carbocycles. The van der Waals surface area contributed by atoms with Crippen LogP contribution in [-0.4, -0.2) is 31.2 Å². The monoisotopic (exact) mass is 278 g/mol. The zero-order chi connectivity index (χ0) is 14.4. The lowest BCUT2D eigenvalue weighted by atomic mass is 10.2. The number of hydrogen-bond donors (Lipinski definition) is 3. The number of aromatic amines is 2. The summed E-state index contributed by atoms with van der Waals surface area (Å²) < 4.78 is 0. The van der Waals surface area contributed by atoms with Crippen LogP contribution in [0.1, 0.15) is 10.4 Å². The van der Waals surface area contributed by atoms with Gasteiger partial charge in [-0.25, -0.2) is 4.79 Å². The molecule has 0 bridgehead atoms. The third-order valence-electron chi connectivity index (χ3n) is 3.48. The quantitative estimate of drug-likeness (QED) is 0.525. The highest BCUT2D eigenvalue weighted by Crippen LogP contribution is 2.28. The molecule has 0 atom stereocenters. The van der Waals surface area contributed by atoms with Crippen molar-refractivity contribution in [2.45, 2.75) is 0 Å². The number of nitrogens with zero attached hydrogens (tertiary/aromatic N) is 2. The molecule has 4 aromatic rings. The fourth-order valence-corrected chi connectivity index (χ4v) is 2.50. The first-order valence-corrected chi connectivity index (χ1v) is 6.38. The van der Waals surface area contributed by atoms with E-state index in [1.54, 1.807) is 0 Å². The van der Waals surface area contributed by atoms with Gasteiger partial charge in [0.1, 0.15) is 5.69 Å². The van der Waals surface area contributed by atoms with Gasteiger partial charge in [-0.1, -0.05) is 18.2 Å². The summed E-state index contributed by atoms with van der Waals surface area (Å²) in [5.74, 6) is -0.984. The van der Waals surface area contributed by atoms with Gasteiger partial charge in [0.05, 0.1) is 27.8 Å². The van der Waals surface area contributed by atoms with Crippen molar-refractivity contribution in [2.75, 3.05) is 0 Å². The number of aromatic carboxylic acids is 1. The summed E-state index contributed by atoms with van der Waals surface area (Å²) in [6.07, 6.45) is 1.49. The molecule has 0 saturated heterocycles. The fraction of sp³-hybridized carbons (Fsp3) is 0. The van der Waals surface area contributed by atoms with Crippen LogP contribution < -0.4 is 0 Å². The van der Waals surface area contributed by atoms with E-state index < -0.39 is 5.97 Å². The number of nitrogens with one attached hydrogen (secondary N) is 2. The van der Waals surface area contributed by atoms with Crippen molar-refractivity contribution in [3.05, 3.63) is 48.2 Å². The van der Waals surface area contributed by atoms with Crippen LogP contribution in [0.3, 0.4) is 0 Å². The van der Waals surface area contributed by atoms with Crippen LogP contribution in [0, 0.1) is 0 Å². The smallest absolute Gasteiger partial charge is 0.337 e. The second-order valence-corrected chi connectivity index (χ2v) is 4.72. The first-order chi connectivity index (χ1) is 10.2. The molecule has 0 radical (unpaired) electrons. The summed E-state index contributed by atoms with van der Waals surface area (Å²) in [5, 5.41) is 17.5. The van der Waals surface area contributed by atoms with Crippen molar-refractivity contribution in [1.29, 1.82) is 0 Å². The zero-order valence-corrected chi connectivity index (χ0v) is 10.8. The van der Waals surface area contributed by atoms with Crippen molar-refractivity contribution in [1.82, 2.24) is 20.2 Å². The molecule has 102 valence electrons. The molecule has 1 aromatic carbocycles. The van der Waals surface area contributed by atoms with Crippen molar-refractivity contribution >= 4 is 27.9 Å². The molecule has 0 aliphatic rings. The highest BCUT2D eigenvalue weighted by molar-refractivity contribution is 6.03. The number of benzene rings is 1. The lowest BCUT2D eigenvalue weighted by molar-refractivity contribution is 0.0699. The van der Waals surface area contributed by atoms with Crippen molar-refractivity contribution < 1.29 is 9.90 Å². The molecule has 0 unspecified atom stereocenters. The second-order valence-electron chi connectivity index (χ2n) is 4.72. The van der Waals surface area contributed by atoms with E-state index in [-0.39, 0.29) is 5.56 Å². The van der Waals surface area contributed by atoms with Gasteiger partial charge in [0.25, 0.3) is 0 Å². The highest BCUT2D eigenvalue weighted by Gasteiger charge is 2.15. The molecular formula is C15H10N4O2. The number of aromatic nitrogens is 4. The molecule has 0 aliphatic heterocycles. The van der Waals surface area contributed by atoms with Crippen molar-refractivity contribution in [2.24, 2.45) is 0 Å². The predicted octanol–water partition coefficient (Wildman–Crippen LogP) is 2.80. The van der Waals surface area contributed by atoms with Crippen LogP contribution in [0.2, 0.25) is 0 Å². The Bertz CT molecular complexity index is 984. The molecule has 6 nitrogen and oxygen atoms in total. The molecule has 0 spiro atoms. The number of carboxylic acids is 1. The summed E-state index contributed by atoms with van der Waals surface area (Å²) in [6, 6.07) is 11.1. The molecule has 3 aromatic heterocycles. The Kier molecular flexibility index (Phi) is 2.32. The number of pyridine rings is 1. The first kappa shape index (κ1) is 11.7. The lowest BCUT2D eigenvalue weighted by Gasteiger charge is -1.95. The molecule has 21 heavy (non-hydrogen) atoms. The maximum atomic E-state index is 11.3. The SMILES string of the molecule is O=C(O)c1ccnc2cc(-c3n[nH]c4ccccc34)[nH]c12. The summed E-state index contributed by atoms with van der Waals surface area (Å²) in [6.45, 7) is 0. The maximum Gasteiger partial charge on any atom is 0.337 e. The molecular weight excluding hydrogens is 268 g/mol. The zero-order valence-electron chi connectivity index (χ0n) is 10.8. The van der Waals surface area contributed by atoms with E-state index in [1.165, 1.54) is 12.3 Å². The average molecular weight is 278 g/mol. The molecule has 0 amide bonds. The van der Waals surface area contributed by atoms with Crippen LogP contribution in [0.4, 0.5) is 0 Å². The van der Waals surface area contributed by atoms with Gasteiger partial charge in [-0.2, -0.15) is 5.10 Å². The molecule has 3 N–H and O–H groups in total. The Hall–Kier alpha value is -3.15. The van der Waals surface area contributed by atoms with Crippen LogP contribution >= 0.6 is 0 Å². The molecule has 0 fully saturated rings. The van der Waals surface area contributed by atoms with Crippen molar-refractivity contribution in [3.63, 3.8) is 0 Å². The van der Waals surface area contributed by atoms with E-state index in [0.29, 0.717) is 11.0 Å². The highest BCUT2D eigenvalue weighted by atomic mass is 16.4. The van der Waals surface area contributed by atoms with E-state index in [2.05, 4.69) is 20.2 Å². The Balaban J connectivity index is 1.99. The summed E-state index contributed by atoms with van der Waals surface area (Å²) in [5.41, 5.74) is 3.73. The topological polar surface area (TPSA) is 94.7 Å². The minimum absolute atomic E-state index is 0.200. The van der Waals surface area contributed by atoms with E-state index >= 15 is 0 Å². The average Bonchev–Trinajstić information content (AvgIpc) is 3.09. The summed E-state index contributed by atoms with van der Waals surface area (Å²) in [4.78, 5) is 18.6. The largest absolute Gasteiger partial charge is 0.478 e. The number of carboxylic acid groups (broad SMARTS) is 1. The van der Waals surface area contributed by atoms with E-state index in [1.807, 2.05) is 30.3 Å². The number of para-hydroxylation sites is 1. The molecule has 4 rings (SSSR count). The van der Waals surface area contributed by atoms with Gasteiger partial charge in [-0.05, 0) is 18.2 Å². The van der Waals surface area contributed by atoms with Crippen LogP contribution in [0.5, 0.6) is 0 Å². The van der Waals surface area contributed by atoms with Gasteiger partial charge < -0.3 is 10.1 Å². The minimum atomic E-state index is -0.984. The van der Waals surface area contributed by atoms with E-state index in [4.69, 9.17) is 0 Å². The summed E-state index contributed by atoms with van der Waals surface area (Å²) >= 11 is 0. The van der Waals surface area contributed by atoms with Gasteiger partial charge in [0.15, 0.2) is 0 Å². The summed E-state index contributed by atoms with van der Waals surface area (Å²) in [7, 11) is 0. The van der Waals surface area contributed by atoms with Crippen LogP contribution in [-0.2, 0) is 0 Å². The van der Waals surface area contributed by atoms with Gasteiger partial charge in [-0.15, -0.1) is 0 Å². The Morgan fingerprint density at radius 3 is 2.90 bits per heavy atom. The minimum Gasteiger partial charge on any atom is -0.478 e. The van der Waals surface area contributed by atoms with Crippen LogP contribution in [0.15, 0.2) is 42.6 Å². The van der Waals surface area contributed by atoms with Gasteiger partial charge >= 0.3 is 5.97 Å². The van der Waals surface area contributed by atoms with E-state index in [9.17, 15) is 9.90 Å². The van der Waals surface area contributed by atoms with Gasteiger partial charge in [0, 0.05) is 11.6 Å². The van der Waals surface area contributed by atoms with Gasteiger partial charge in [0.2, 0.25) is 0 Å². The van der Waals surface area contributed by atoms with Crippen molar-refractivity contribution in [3.8, 4) is 11.4 Å². The van der Waals surface area contributed by atoms with Gasteiger partial charge in [-0.3, -0.25) is 10.1 Å². The molecule has 3 heterocycles. The number of rotatable bonds is 2. The standard InChI is InChI=1S/C15H10N4O2/c20-15(21)9-5-6-16-11-7-12(17-13(9)11)14-8-3-1-2-4-10(8)18-19-14/h1-7,17H,(H,18,19)(H,20,21). The third-order valence-corrected chi connectivity index (χ3v) is 3.48. The predicted molar refractivity (Wildman–Crippen MR) is 78.1 cm³/mol. The second kappa shape index (κ2) is 4.17. The maximum absolute atomic E-state index is 11.3. The Morgan fingerprint density at radius 1 is 1.19 bits per heavy atom. The Labute approximate surface area is 118 Å². The fourth-order valence-electron chi connectivity index (χ4n) is 2.50. The lowest BCUT2D eigenvalue weighted by Crippen LogP contribution is -1.97. The van der Waals surface area contributed by atoms with E-state index in [0.717, 1.165) is 22.3 Å². The normalized spacial score (nSPS) is 11.2. The van der Waals surface area contributed by atoms with Crippen LogP contribution in [0.25, 0.3) is 33.3 Å².